The van der Waals surface area contributed by atoms with E-state index in [0.29, 0.717) is 29.2 Å². The van der Waals surface area contributed by atoms with Crippen LogP contribution in [0.15, 0.2) is 53.4 Å². The van der Waals surface area contributed by atoms with Crippen molar-refractivity contribution in [3.05, 3.63) is 76.9 Å². The molecule has 142 valence electrons. The van der Waals surface area contributed by atoms with Crippen molar-refractivity contribution in [3.63, 3.8) is 0 Å². The smallest absolute Gasteiger partial charge is 0.224 e. The van der Waals surface area contributed by atoms with Crippen LogP contribution >= 0.6 is 0 Å². The molecule has 0 saturated heterocycles. The lowest BCUT2D eigenvalue weighted by Gasteiger charge is -2.13. The molecule has 0 radical (unpaired) electrons. The van der Waals surface area contributed by atoms with Crippen molar-refractivity contribution < 1.29 is 30.4 Å². The number of alkyl halides is 3. The summed E-state index contributed by atoms with van der Waals surface area (Å²) >= 11 is 0. The van der Waals surface area contributed by atoms with Crippen molar-refractivity contribution in [2.24, 2.45) is 0 Å². The van der Waals surface area contributed by atoms with Crippen molar-refractivity contribution in [1.82, 2.24) is 0 Å². The van der Waals surface area contributed by atoms with E-state index in [-0.39, 0.29) is 5.56 Å². The lowest BCUT2D eigenvalue weighted by atomic mass is 9.94. The van der Waals surface area contributed by atoms with Gasteiger partial charge in [-0.05, 0) is 47.4 Å². The Kier molecular flexibility index (Phi) is 4.71. The Hall–Kier alpha value is -2.48. The molecule has 0 heterocycles. The molecule has 27 heavy (non-hydrogen) atoms. The van der Waals surface area contributed by atoms with E-state index in [9.17, 15) is 30.4 Å². The van der Waals surface area contributed by atoms with Crippen LogP contribution in [0.2, 0.25) is 0 Å². The molecule has 2 aromatic rings. The number of rotatable bonds is 3. The first-order valence-corrected chi connectivity index (χ1v) is 9.65. The molecule has 0 aromatic heterocycles. The van der Waals surface area contributed by atoms with E-state index in [1.807, 2.05) is 0 Å². The standard InChI is InChI=1S/C19H13F5O2S/c1-27(25,26)18-10-16(20)15(9-17(18)21)14-4-2-3-13(14)11-5-7-12(8-6-11)19(22,23)24/h3-10H,2H2,1H3. The summed E-state index contributed by atoms with van der Waals surface area (Å²) in [6.45, 7) is 0. The summed E-state index contributed by atoms with van der Waals surface area (Å²) in [6.07, 6.45) is -0.0316. The topological polar surface area (TPSA) is 34.1 Å². The van der Waals surface area contributed by atoms with Crippen LogP contribution in [-0.2, 0) is 16.0 Å². The highest BCUT2D eigenvalue weighted by atomic mass is 32.2. The Morgan fingerprint density at radius 3 is 2.04 bits per heavy atom. The van der Waals surface area contributed by atoms with Crippen LogP contribution in [-0.4, -0.2) is 14.7 Å². The van der Waals surface area contributed by atoms with Gasteiger partial charge < -0.3 is 0 Å². The van der Waals surface area contributed by atoms with E-state index in [0.717, 1.165) is 24.5 Å². The molecule has 0 unspecified atom stereocenters. The summed E-state index contributed by atoms with van der Waals surface area (Å²) in [6, 6.07) is 5.75. The number of hydrogen-bond donors (Lipinski definition) is 0. The quantitative estimate of drug-likeness (QED) is 0.659. The molecule has 1 aliphatic rings. The summed E-state index contributed by atoms with van der Waals surface area (Å²) in [5, 5.41) is 0. The third-order valence-corrected chi connectivity index (χ3v) is 5.28. The molecule has 0 atom stereocenters. The predicted molar refractivity (Wildman–Crippen MR) is 91.5 cm³/mol. The number of allylic oxidation sites excluding steroid dienone is 4. The van der Waals surface area contributed by atoms with Gasteiger partial charge in [-0.2, -0.15) is 13.2 Å². The van der Waals surface area contributed by atoms with Gasteiger partial charge in [0.2, 0.25) is 0 Å². The fraction of sp³-hybridized carbons (Fsp3) is 0.158. The number of benzene rings is 2. The first-order chi connectivity index (χ1) is 12.5. The monoisotopic (exact) mass is 400 g/mol. The number of sulfone groups is 1. The molecule has 0 fully saturated rings. The molecule has 2 nitrogen and oxygen atoms in total. The van der Waals surface area contributed by atoms with Crippen LogP contribution in [0.4, 0.5) is 22.0 Å². The van der Waals surface area contributed by atoms with Crippen molar-refractivity contribution in [2.75, 3.05) is 6.26 Å². The second-order valence-electron chi connectivity index (χ2n) is 6.08. The van der Waals surface area contributed by atoms with Gasteiger partial charge in [0.1, 0.15) is 16.5 Å². The Morgan fingerprint density at radius 2 is 1.48 bits per heavy atom. The molecule has 0 N–H and O–H groups in total. The van der Waals surface area contributed by atoms with Crippen LogP contribution in [0.1, 0.15) is 23.1 Å². The van der Waals surface area contributed by atoms with Gasteiger partial charge in [0.05, 0.1) is 5.56 Å². The summed E-state index contributed by atoms with van der Waals surface area (Å²) in [4.78, 5) is -0.748. The first kappa shape index (κ1) is 19.3. The lowest BCUT2D eigenvalue weighted by molar-refractivity contribution is -0.137. The maximum atomic E-state index is 14.5. The van der Waals surface area contributed by atoms with E-state index in [1.165, 1.54) is 12.1 Å². The van der Waals surface area contributed by atoms with Gasteiger partial charge in [0, 0.05) is 11.8 Å². The highest BCUT2D eigenvalue weighted by Gasteiger charge is 2.30. The van der Waals surface area contributed by atoms with Crippen LogP contribution in [0.25, 0.3) is 11.1 Å². The van der Waals surface area contributed by atoms with Crippen LogP contribution in [0.5, 0.6) is 0 Å². The SMILES string of the molecule is CS(=O)(=O)c1cc(F)c(C2=CCC=C2c2ccc(C(F)(F)F)cc2)cc1F. The molecule has 0 saturated carbocycles. The second-order valence-corrected chi connectivity index (χ2v) is 8.07. The van der Waals surface area contributed by atoms with Gasteiger partial charge in [-0.3, -0.25) is 0 Å². The second kappa shape index (κ2) is 6.60. The predicted octanol–water partition coefficient (Wildman–Crippen LogP) is 5.26. The minimum atomic E-state index is -4.47. The Balaban J connectivity index is 2.02. The third-order valence-electron chi connectivity index (χ3n) is 4.17. The first-order valence-electron chi connectivity index (χ1n) is 7.76. The fourth-order valence-electron chi connectivity index (χ4n) is 2.90. The minimum Gasteiger partial charge on any atom is -0.224 e. The van der Waals surface area contributed by atoms with Crippen LogP contribution < -0.4 is 0 Å². The summed E-state index contributed by atoms with van der Waals surface area (Å²) in [5.74, 6) is -2.02. The van der Waals surface area contributed by atoms with Gasteiger partial charge >= 0.3 is 6.18 Å². The zero-order valence-corrected chi connectivity index (χ0v) is 14.8. The molecule has 1 aliphatic carbocycles. The van der Waals surface area contributed by atoms with E-state index in [2.05, 4.69) is 0 Å². The number of halogens is 5. The van der Waals surface area contributed by atoms with E-state index >= 15 is 0 Å². The molecule has 0 amide bonds. The Bertz CT molecular complexity index is 1060. The summed E-state index contributed by atoms with van der Waals surface area (Å²) < 4.78 is 89.8. The highest BCUT2D eigenvalue weighted by Crippen LogP contribution is 2.39. The van der Waals surface area contributed by atoms with Crippen molar-refractivity contribution >= 4 is 21.0 Å². The van der Waals surface area contributed by atoms with Gasteiger partial charge in [-0.1, -0.05) is 24.3 Å². The fourth-order valence-corrected chi connectivity index (χ4v) is 3.63. The zero-order valence-electron chi connectivity index (χ0n) is 13.9. The van der Waals surface area contributed by atoms with Gasteiger partial charge in [-0.25, -0.2) is 17.2 Å². The minimum absolute atomic E-state index is 0.149. The highest BCUT2D eigenvalue weighted by molar-refractivity contribution is 7.90. The maximum Gasteiger partial charge on any atom is 0.416 e. The molecule has 2 aromatic carbocycles. The van der Waals surface area contributed by atoms with Gasteiger partial charge in [0.25, 0.3) is 0 Å². The van der Waals surface area contributed by atoms with Crippen molar-refractivity contribution in [3.8, 4) is 0 Å². The molecule has 0 bridgehead atoms. The number of hydrogen-bond acceptors (Lipinski definition) is 2. The maximum absolute atomic E-state index is 14.5. The third kappa shape index (κ3) is 3.80. The Morgan fingerprint density at radius 1 is 0.889 bits per heavy atom. The van der Waals surface area contributed by atoms with E-state index in [1.54, 1.807) is 12.2 Å². The van der Waals surface area contributed by atoms with Gasteiger partial charge in [0.15, 0.2) is 9.84 Å². The normalized spacial score (nSPS) is 14.9. The molecule has 3 rings (SSSR count). The largest absolute Gasteiger partial charge is 0.416 e. The van der Waals surface area contributed by atoms with Crippen molar-refractivity contribution in [2.45, 2.75) is 17.5 Å². The Labute approximate surface area is 152 Å². The van der Waals surface area contributed by atoms with E-state index < -0.39 is 38.1 Å². The van der Waals surface area contributed by atoms with Gasteiger partial charge in [-0.15, -0.1) is 0 Å². The lowest BCUT2D eigenvalue weighted by Crippen LogP contribution is -2.05. The van der Waals surface area contributed by atoms with E-state index in [4.69, 9.17) is 0 Å². The van der Waals surface area contributed by atoms with Crippen LogP contribution in [0, 0.1) is 11.6 Å². The van der Waals surface area contributed by atoms with Crippen molar-refractivity contribution in [1.29, 1.82) is 0 Å². The summed E-state index contributed by atoms with van der Waals surface area (Å²) in [7, 11) is -3.94. The average molecular weight is 400 g/mol. The molecule has 0 aliphatic heterocycles. The molecular weight excluding hydrogens is 387 g/mol. The molecule has 0 spiro atoms. The summed E-state index contributed by atoms with van der Waals surface area (Å²) in [5.41, 5.74) is 0.202. The molecular formula is C19H13F5O2S. The molecule has 8 heteroatoms. The average Bonchev–Trinajstić information content (AvgIpc) is 3.04. The van der Waals surface area contributed by atoms with Crippen LogP contribution in [0.3, 0.4) is 0 Å². The zero-order chi connectivity index (χ0) is 20.0.